The highest BCUT2D eigenvalue weighted by Gasteiger charge is 2.27. The van der Waals surface area contributed by atoms with Crippen molar-refractivity contribution >= 4 is 5.91 Å². The molecule has 1 aromatic rings. The van der Waals surface area contributed by atoms with Gasteiger partial charge in [-0.2, -0.15) is 0 Å². The number of hydrogen-bond donors (Lipinski definition) is 1. The number of hydrogen-bond acceptors (Lipinski definition) is 3. The first-order valence-corrected chi connectivity index (χ1v) is 6.69. The number of likely N-dealkylation sites (tertiary alicyclic amines) is 1. The summed E-state index contributed by atoms with van der Waals surface area (Å²) in [5.74, 6) is 0.896. The molecule has 0 aliphatic carbocycles. The summed E-state index contributed by atoms with van der Waals surface area (Å²) in [6.45, 7) is 2.79. The number of carbonyl (C=O) groups is 1. The Bertz CT molecular complexity index is 459. The topological polar surface area (TPSA) is 49.8 Å². The summed E-state index contributed by atoms with van der Waals surface area (Å²) in [6, 6.07) is 5.84. The number of amides is 1. The molecule has 1 amide bonds. The Morgan fingerprint density at radius 3 is 3.00 bits per heavy atom. The van der Waals surface area contributed by atoms with Crippen LogP contribution in [0.5, 0.6) is 5.75 Å². The number of carbonyl (C=O) groups excluding carboxylic acids is 1. The maximum absolute atomic E-state index is 12.2. The predicted octanol–water partition coefficient (Wildman–Crippen LogP) is 1.53. The van der Waals surface area contributed by atoms with E-state index in [9.17, 15) is 9.90 Å². The minimum Gasteiger partial charge on any atom is -0.496 e. The number of rotatable bonds is 4. The Kier molecular flexibility index (Phi) is 4.43. The Morgan fingerprint density at radius 1 is 1.53 bits per heavy atom. The van der Waals surface area contributed by atoms with E-state index in [4.69, 9.17) is 4.74 Å². The van der Waals surface area contributed by atoms with E-state index in [-0.39, 0.29) is 18.6 Å². The molecular formula is C15H21NO3. The van der Waals surface area contributed by atoms with Crippen molar-refractivity contribution in [1.29, 1.82) is 0 Å². The number of ether oxygens (including phenoxy) is 1. The molecule has 0 unspecified atom stereocenters. The van der Waals surface area contributed by atoms with Crippen LogP contribution in [0.3, 0.4) is 0 Å². The highest BCUT2D eigenvalue weighted by molar-refractivity contribution is 5.79. The zero-order valence-corrected chi connectivity index (χ0v) is 11.6. The summed E-state index contributed by atoms with van der Waals surface area (Å²) < 4.78 is 5.27. The fraction of sp³-hybridized carbons (Fsp3) is 0.533. The van der Waals surface area contributed by atoms with Crippen molar-refractivity contribution in [3.63, 3.8) is 0 Å². The summed E-state index contributed by atoms with van der Waals surface area (Å²) in [6.07, 6.45) is 2.25. The molecule has 0 spiro atoms. The Balaban J connectivity index is 2.06. The Morgan fingerprint density at radius 2 is 2.32 bits per heavy atom. The smallest absolute Gasteiger partial charge is 0.227 e. The molecule has 1 aliphatic heterocycles. The van der Waals surface area contributed by atoms with Crippen molar-refractivity contribution in [3.05, 3.63) is 29.3 Å². The molecule has 1 aromatic carbocycles. The van der Waals surface area contributed by atoms with Crippen LogP contribution in [0.4, 0.5) is 0 Å². The lowest BCUT2D eigenvalue weighted by Crippen LogP contribution is -2.38. The molecule has 0 saturated carbocycles. The quantitative estimate of drug-likeness (QED) is 0.896. The summed E-state index contributed by atoms with van der Waals surface area (Å²) >= 11 is 0. The normalized spacial score (nSPS) is 18.7. The standard InChI is InChI=1S/C15H21NO3/c1-11-5-6-12(8-14(11)19-2)9-15(18)16-7-3-4-13(16)10-17/h5-6,8,13,17H,3-4,7,9-10H2,1-2H3/t13-/m0/s1. The monoisotopic (exact) mass is 263 g/mol. The maximum atomic E-state index is 12.2. The van der Waals surface area contributed by atoms with Gasteiger partial charge >= 0.3 is 0 Å². The second-order valence-corrected chi connectivity index (χ2v) is 5.05. The Labute approximate surface area is 114 Å². The Hall–Kier alpha value is -1.55. The molecule has 0 aromatic heterocycles. The average molecular weight is 263 g/mol. The van der Waals surface area contributed by atoms with Gasteiger partial charge in [0.2, 0.25) is 5.91 Å². The fourth-order valence-corrected chi connectivity index (χ4v) is 2.60. The summed E-state index contributed by atoms with van der Waals surface area (Å²) in [4.78, 5) is 14.0. The maximum Gasteiger partial charge on any atom is 0.227 e. The molecule has 1 atom stereocenters. The van der Waals surface area contributed by atoms with E-state index in [1.165, 1.54) is 0 Å². The van der Waals surface area contributed by atoms with Gasteiger partial charge in [0, 0.05) is 6.54 Å². The number of aryl methyl sites for hydroxylation is 1. The van der Waals surface area contributed by atoms with Gasteiger partial charge in [-0.05, 0) is 37.0 Å². The molecule has 1 saturated heterocycles. The van der Waals surface area contributed by atoms with Crippen molar-refractivity contribution in [1.82, 2.24) is 4.90 Å². The molecule has 1 N–H and O–H groups in total. The van der Waals surface area contributed by atoms with Gasteiger partial charge in [-0.1, -0.05) is 12.1 Å². The number of methoxy groups -OCH3 is 1. The highest BCUT2D eigenvalue weighted by atomic mass is 16.5. The van der Waals surface area contributed by atoms with E-state index in [1.54, 1.807) is 12.0 Å². The van der Waals surface area contributed by atoms with Gasteiger partial charge in [0.05, 0.1) is 26.2 Å². The largest absolute Gasteiger partial charge is 0.496 e. The van der Waals surface area contributed by atoms with Crippen LogP contribution < -0.4 is 4.74 Å². The van der Waals surface area contributed by atoms with Crippen LogP contribution in [0.15, 0.2) is 18.2 Å². The number of aliphatic hydroxyl groups excluding tert-OH is 1. The minimum absolute atomic E-state index is 0.000145. The lowest BCUT2D eigenvalue weighted by molar-refractivity contribution is -0.131. The van der Waals surface area contributed by atoms with Crippen molar-refractivity contribution in [2.75, 3.05) is 20.3 Å². The number of nitrogens with zero attached hydrogens (tertiary/aromatic N) is 1. The molecule has 4 nitrogen and oxygen atoms in total. The zero-order chi connectivity index (χ0) is 13.8. The molecular weight excluding hydrogens is 242 g/mol. The first-order chi connectivity index (χ1) is 9.15. The molecule has 19 heavy (non-hydrogen) atoms. The van der Waals surface area contributed by atoms with Crippen molar-refractivity contribution < 1.29 is 14.6 Å². The number of benzene rings is 1. The third-order valence-electron chi connectivity index (χ3n) is 3.74. The van der Waals surface area contributed by atoms with Crippen LogP contribution in [-0.4, -0.2) is 42.2 Å². The van der Waals surface area contributed by atoms with Gasteiger partial charge in [-0.25, -0.2) is 0 Å². The van der Waals surface area contributed by atoms with Gasteiger partial charge in [0.25, 0.3) is 0 Å². The van der Waals surface area contributed by atoms with Crippen LogP contribution in [0.2, 0.25) is 0 Å². The van der Waals surface area contributed by atoms with Crippen molar-refractivity contribution in [2.45, 2.75) is 32.2 Å². The molecule has 0 bridgehead atoms. The lowest BCUT2D eigenvalue weighted by Gasteiger charge is -2.23. The highest BCUT2D eigenvalue weighted by Crippen LogP contribution is 2.22. The number of aliphatic hydroxyl groups is 1. The van der Waals surface area contributed by atoms with Crippen LogP contribution >= 0.6 is 0 Å². The fourth-order valence-electron chi connectivity index (χ4n) is 2.60. The first kappa shape index (κ1) is 13.9. The minimum atomic E-state index is -0.000145. The molecule has 0 radical (unpaired) electrons. The lowest BCUT2D eigenvalue weighted by atomic mass is 10.1. The van der Waals surface area contributed by atoms with Crippen LogP contribution in [0.1, 0.15) is 24.0 Å². The van der Waals surface area contributed by atoms with Gasteiger partial charge in [0.15, 0.2) is 0 Å². The SMILES string of the molecule is COc1cc(CC(=O)N2CCC[C@H]2CO)ccc1C. The van der Waals surface area contributed by atoms with Crippen molar-refractivity contribution in [3.8, 4) is 5.75 Å². The van der Waals surface area contributed by atoms with Gasteiger partial charge in [-0.3, -0.25) is 4.79 Å². The summed E-state index contributed by atoms with van der Waals surface area (Å²) in [5.41, 5.74) is 2.02. The van der Waals surface area contributed by atoms with Gasteiger partial charge < -0.3 is 14.7 Å². The van der Waals surface area contributed by atoms with E-state index in [0.29, 0.717) is 6.42 Å². The van der Waals surface area contributed by atoms with E-state index in [2.05, 4.69) is 0 Å². The summed E-state index contributed by atoms with van der Waals surface area (Å²) in [5, 5.41) is 9.26. The predicted molar refractivity (Wildman–Crippen MR) is 73.3 cm³/mol. The van der Waals surface area contributed by atoms with Gasteiger partial charge in [-0.15, -0.1) is 0 Å². The molecule has 2 rings (SSSR count). The molecule has 1 aliphatic rings. The van der Waals surface area contributed by atoms with E-state index < -0.39 is 0 Å². The molecule has 1 heterocycles. The molecule has 1 fully saturated rings. The van der Waals surface area contributed by atoms with Crippen LogP contribution in [0, 0.1) is 6.92 Å². The van der Waals surface area contributed by atoms with Crippen molar-refractivity contribution in [2.24, 2.45) is 0 Å². The molecule has 4 heteroatoms. The molecule has 104 valence electrons. The zero-order valence-electron chi connectivity index (χ0n) is 11.6. The summed E-state index contributed by atoms with van der Waals surface area (Å²) in [7, 11) is 1.64. The third kappa shape index (κ3) is 3.07. The van der Waals surface area contributed by atoms with E-state index >= 15 is 0 Å². The first-order valence-electron chi connectivity index (χ1n) is 6.69. The second kappa shape index (κ2) is 6.06. The van der Waals surface area contributed by atoms with Gasteiger partial charge in [0.1, 0.15) is 5.75 Å². The second-order valence-electron chi connectivity index (χ2n) is 5.05. The van der Waals surface area contributed by atoms with E-state index in [0.717, 1.165) is 36.3 Å². The average Bonchev–Trinajstić information content (AvgIpc) is 2.89. The van der Waals surface area contributed by atoms with E-state index in [1.807, 2.05) is 25.1 Å². The van der Waals surface area contributed by atoms with Crippen LogP contribution in [-0.2, 0) is 11.2 Å². The third-order valence-corrected chi connectivity index (χ3v) is 3.74. The van der Waals surface area contributed by atoms with Crippen LogP contribution in [0.25, 0.3) is 0 Å².